The molecule has 0 saturated carbocycles. The molecule has 2 nitrogen and oxygen atoms in total. The number of imidazole rings is 1. The monoisotopic (exact) mass is 340 g/mol. The zero-order chi connectivity index (χ0) is 13.6. The Labute approximate surface area is 120 Å². The number of nitrogens with one attached hydrogen (secondary N) is 1. The van der Waals surface area contributed by atoms with Crippen LogP contribution in [-0.2, 0) is 0 Å². The molecule has 1 N–H and O–H groups in total. The topological polar surface area (TPSA) is 20.7 Å². The molecule has 6 heteroatoms. The molecule has 96 valence electrons. The van der Waals surface area contributed by atoms with Crippen LogP contribution >= 0.6 is 28.1 Å². The van der Waals surface area contributed by atoms with Crippen molar-refractivity contribution in [1.82, 2.24) is 9.55 Å². The van der Waals surface area contributed by atoms with Crippen LogP contribution in [0.5, 0.6) is 0 Å². The summed E-state index contributed by atoms with van der Waals surface area (Å²) in [4.78, 5) is 2.93. The van der Waals surface area contributed by atoms with Gasteiger partial charge in [-0.2, -0.15) is 0 Å². The lowest BCUT2D eigenvalue weighted by molar-refractivity contribution is 0.569. The smallest absolute Gasteiger partial charge is 0.182 e. The third-order valence-electron chi connectivity index (χ3n) is 2.79. The first-order valence-electron chi connectivity index (χ1n) is 5.42. The molecule has 0 unspecified atom stereocenters. The van der Waals surface area contributed by atoms with E-state index in [9.17, 15) is 8.78 Å². The van der Waals surface area contributed by atoms with Gasteiger partial charge >= 0.3 is 0 Å². The summed E-state index contributed by atoms with van der Waals surface area (Å²) in [6.07, 6.45) is 0. The molecule has 3 aromatic rings. The Morgan fingerprint density at radius 2 is 1.74 bits per heavy atom. The molecule has 0 atom stereocenters. The Bertz CT molecular complexity index is 815. The van der Waals surface area contributed by atoms with Crippen LogP contribution in [0.3, 0.4) is 0 Å². The summed E-state index contributed by atoms with van der Waals surface area (Å²) >= 11 is 8.20. The maximum atomic E-state index is 14.0. The standard InChI is InChI=1S/C13H7BrF2N2S/c14-7-5-8(15)12(9(16)6-7)18-11-4-2-1-3-10(11)17-13(18)19/h1-6H,(H,17,19). The highest BCUT2D eigenvalue weighted by atomic mass is 79.9. The van der Waals surface area contributed by atoms with Crippen LogP contribution in [0, 0.1) is 16.4 Å². The van der Waals surface area contributed by atoms with Crippen LogP contribution in [0.4, 0.5) is 8.78 Å². The number of nitrogens with zero attached hydrogens (tertiary/aromatic N) is 1. The third kappa shape index (κ3) is 2.01. The number of aromatic nitrogens is 2. The number of benzene rings is 2. The Kier molecular flexibility index (Phi) is 2.99. The first-order chi connectivity index (χ1) is 9.08. The predicted octanol–water partition coefficient (Wildman–Crippen LogP) is 4.73. The van der Waals surface area contributed by atoms with Crippen LogP contribution < -0.4 is 0 Å². The van der Waals surface area contributed by atoms with Gasteiger partial charge in [-0.3, -0.25) is 4.57 Å². The van der Waals surface area contributed by atoms with E-state index >= 15 is 0 Å². The van der Waals surface area contributed by atoms with Gasteiger partial charge in [0.15, 0.2) is 16.4 Å². The molecule has 0 saturated heterocycles. The van der Waals surface area contributed by atoms with Crippen molar-refractivity contribution in [3.05, 3.63) is 57.3 Å². The second-order valence-electron chi connectivity index (χ2n) is 4.00. The molecule has 2 aromatic carbocycles. The quantitative estimate of drug-likeness (QED) is 0.635. The van der Waals surface area contributed by atoms with Gasteiger partial charge in [0.25, 0.3) is 0 Å². The summed E-state index contributed by atoms with van der Waals surface area (Å²) in [6.45, 7) is 0. The summed E-state index contributed by atoms with van der Waals surface area (Å²) < 4.78 is 30.0. The highest BCUT2D eigenvalue weighted by molar-refractivity contribution is 9.10. The lowest BCUT2D eigenvalue weighted by atomic mass is 10.2. The maximum Gasteiger partial charge on any atom is 0.182 e. The van der Waals surface area contributed by atoms with Crippen molar-refractivity contribution in [1.29, 1.82) is 0 Å². The van der Waals surface area contributed by atoms with E-state index < -0.39 is 11.6 Å². The number of hydrogen-bond donors (Lipinski definition) is 1. The molecule has 0 amide bonds. The molecular formula is C13H7BrF2N2S. The number of rotatable bonds is 1. The molecule has 0 spiro atoms. The van der Waals surface area contributed by atoms with Crippen molar-refractivity contribution >= 4 is 39.2 Å². The number of halogens is 3. The molecule has 0 bridgehead atoms. The molecule has 1 heterocycles. The van der Waals surface area contributed by atoms with Crippen LogP contribution in [0.15, 0.2) is 40.9 Å². The summed E-state index contributed by atoms with van der Waals surface area (Å²) in [5, 5.41) is 0. The Morgan fingerprint density at radius 3 is 2.42 bits per heavy atom. The van der Waals surface area contributed by atoms with Gasteiger partial charge < -0.3 is 4.98 Å². The van der Waals surface area contributed by atoms with E-state index in [1.54, 1.807) is 18.2 Å². The van der Waals surface area contributed by atoms with Crippen molar-refractivity contribution < 1.29 is 8.78 Å². The normalized spacial score (nSPS) is 11.1. The van der Waals surface area contributed by atoms with Gasteiger partial charge in [-0.25, -0.2) is 8.78 Å². The number of para-hydroxylation sites is 2. The summed E-state index contributed by atoms with van der Waals surface area (Å²) in [6, 6.07) is 9.59. The van der Waals surface area contributed by atoms with E-state index in [1.807, 2.05) is 6.07 Å². The minimum Gasteiger partial charge on any atom is -0.330 e. The van der Waals surface area contributed by atoms with Gasteiger partial charge in [0, 0.05) is 4.47 Å². The SMILES string of the molecule is Fc1cc(Br)cc(F)c1-n1c(=S)[nH]c2ccccc21. The Balaban J connectivity index is 2.43. The van der Waals surface area contributed by atoms with Gasteiger partial charge in [0.05, 0.1) is 11.0 Å². The van der Waals surface area contributed by atoms with E-state index in [4.69, 9.17) is 12.2 Å². The number of aromatic amines is 1. The van der Waals surface area contributed by atoms with E-state index in [0.717, 1.165) is 5.52 Å². The first-order valence-corrected chi connectivity index (χ1v) is 6.63. The third-order valence-corrected chi connectivity index (χ3v) is 3.54. The fourth-order valence-corrected chi connectivity index (χ4v) is 2.73. The lowest BCUT2D eigenvalue weighted by Gasteiger charge is -2.08. The van der Waals surface area contributed by atoms with Crippen molar-refractivity contribution in [3.63, 3.8) is 0 Å². The average Bonchev–Trinajstić information content (AvgIpc) is 2.65. The van der Waals surface area contributed by atoms with Crippen molar-refractivity contribution in [2.45, 2.75) is 0 Å². The van der Waals surface area contributed by atoms with E-state index in [-0.39, 0.29) is 10.5 Å². The highest BCUT2D eigenvalue weighted by Crippen LogP contribution is 2.26. The Morgan fingerprint density at radius 1 is 1.11 bits per heavy atom. The van der Waals surface area contributed by atoms with E-state index in [1.165, 1.54) is 16.7 Å². The highest BCUT2D eigenvalue weighted by Gasteiger charge is 2.16. The molecule has 0 aliphatic carbocycles. The van der Waals surface area contributed by atoms with Gasteiger partial charge in [-0.05, 0) is 36.5 Å². The van der Waals surface area contributed by atoms with Crippen molar-refractivity contribution in [2.24, 2.45) is 0 Å². The molecule has 1 aromatic heterocycles. The average molecular weight is 341 g/mol. The van der Waals surface area contributed by atoms with Gasteiger partial charge in [-0.1, -0.05) is 28.1 Å². The molecular weight excluding hydrogens is 334 g/mol. The zero-order valence-corrected chi connectivity index (χ0v) is 11.9. The van der Waals surface area contributed by atoms with Crippen LogP contribution in [0.1, 0.15) is 0 Å². The lowest BCUT2D eigenvalue weighted by Crippen LogP contribution is -2.01. The van der Waals surface area contributed by atoms with Crippen LogP contribution in [0.2, 0.25) is 0 Å². The molecule has 0 aliphatic heterocycles. The minimum absolute atomic E-state index is 0.175. The van der Waals surface area contributed by atoms with E-state index in [2.05, 4.69) is 20.9 Å². The van der Waals surface area contributed by atoms with Crippen molar-refractivity contribution in [2.75, 3.05) is 0 Å². The number of hydrogen-bond acceptors (Lipinski definition) is 1. The molecule has 0 radical (unpaired) electrons. The summed E-state index contributed by atoms with van der Waals surface area (Å²) in [7, 11) is 0. The second-order valence-corrected chi connectivity index (χ2v) is 5.30. The van der Waals surface area contributed by atoms with Crippen LogP contribution in [-0.4, -0.2) is 9.55 Å². The molecule has 19 heavy (non-hydrogen) atoms. The maximum absolute atomic E-state index is 14.0. The van der Waals surface area contributed by atoms with Crippen molar-refractivity contribution in [3.8, 4) is 5.69 Å². The fraction of sp³-hybridized carbons (Fsp3) is 0. The second kappa shape index (κ2) is 4.54. The largest absolute Gasteiger partial charge is 0.330 e. The fourth-order valence-electron chi connectivity index (χ4n) is 2.03. The van der Waals surface area contributed by atoms with E-state index in [0.29, 0.717) is 9.99 Å². The van der Waals surface area contributed by atoms with Gasteiger partial charge in [-0.15, -0.1) is 0 Å². The van der Waals surface area contributed by atoms with Gasteiger partial charge in [0.1, 0.15) is 5.69 Å². The van der Waals surface area contributed by atoms with Crippen LogP contribution in [0.25, 0.3) is 16.7 Å². The minimum atomic E-state index is -0.673. The number of H-pyrrole nitrogens is 1. The first kappa shape index (κ1) is 12.5. The Hall–Kier alpha value is -1.53. The predicted molar refractivity (Wildman–Crippen MR) is 76.1 cm³/mol. The molecule has 0 aliphatic rings. The molecule has 0 fully saturated rings. The molecule has 3 rings (SSSR count). The number of fused-ring (bicyclic) bond motifs is 1. The summed E-state index contributed by atoms with van der Waals surface area (Å²) in [5.74, 6) is -1.35. The van der Waals surface area contributed by atoms with Gasteiger partial charge in [0.2, 0.25) is 0 Å². The summed E-state index contributed by atoms with van der Waals surface area (Å²) in [5.41, 5.74) is 1.19. The zero-order valence-electron chi connectivity index (χ0n) is 9.45.